The van der Waals surface area contributed by atoms with Crippen molar-refractivity contribution in [2.24, 2.45) is 0 Å². The first kappa shape index (κ1) is 9.54. The molecule has 0 rings (SSSR count). The summed E-state index contributed by atoms with van der Waals surface area (Å²) < 4.78 is 24.1. The van der Waals surface area contributed by atoms with Crippen LogP contribution >= 0.6 is 0 Å². The Morgan fingerprint density at radius 1 is 1.40 bits per heavy atom. The molecule has 0 aromatic carbocycles. The van der Waals surface area contributed by atoms with Gasteiger partial charge in [-0.2, -0.15) is 0 Å². The van der Waals surface area contributed by atoms with Gasteiger partial charge < -0.3 is 13.0 Å². The van der Waals surface area contributed by atoms with Gasteiger partial charge in [0.05, 0.1) is 0 Å². The number of rotatable bonds is 0. The van der Waals surface area contributed by atoms with Crippen molar-refractivity contribution in [2.75, 3.05) is 0 Å². The molecule has 0 aliphatic rings. The Hall–Kier alpha value is 1.26. The molecular formula is HNdO3S-. The standard InChI is InChI=1S/Nd.HO3S/c;1-4(2)3/h;(H,1,2,3)/q;-1. The van der Waals surface area contributed by atoms with E-state index >= 15 is 0 Å². The monoisotopic (exact) mass is 223 g/mol. The van der Waals surface area contributed by atoms with Crippen LogP contribution in [0.1, 0.15) is 0 Å². The first-order chi connectivity index (χ1) is 1.73. The third-order valence-electron chi connectivity index (χ3n) is 0. The van der Waals surface area contributed by atoms with Gasteiger partial charge in [-0.05, 0) is 0 Å². The maximum Gasteiger partial charge on any atom is 0.0495 e. The molecule has 0 saturated carbocycles. The second-order valence-corrected chi connectivity index (χ2v) is 0.651. The average molecular weight is 225 g/mol. The molecule has 0 unspecified atom stereocenters. The Balaban J connectivity index is 0. The second-order valence-electron chi connectivity index (χ2n) is 0.217. The molecule has 5 heteroatoms. The third kappa shape index (κ3) is 35.2. The normalized spacial score (nSPS) is 6.80. The van der Waals surface area contributed by atoms with Gasteiger partial charge in [0.2, 0.25) is 0 Å². The topological polar surface area (TPSA) is 54.4 Å². The summed E-state index contributed by atoms with van der Waals surface area (Å²) in [7, 11) is -2.86. The van der Waals surface area contributed by atoms with E-state index in [2.05, 4.69) is 0 Å². The first-order valence-electron chi connectivity index (χ1n) is 0.516. The molecular weight excluding hydrogens is 224 g/mol. The van der Waals surface area contributed by atoms with Crippen LogP contribution in [0.25, 0.3) is 0 Å². The fraction of sp³-hybridized carbons (Fsp3) is 0. The van der Waals surface area contributed by atoms with Crippen molar-refractivity contribution in [1.82, 2.24) is 0 Å². The fourth-order valence-electron chi connectivity index (χ4n) is 0. The zero-order valence-electron chi connectivity index (χ0n) is 2.17. The van der Waals surface area contributed by atoms with Gasteiger partial charge in [-0.15, -0.1) is 0 Å². The SMILES string of the molecule is O=[S-](=O)O.[Nd]. The van der Waals surface area contributed by atoms with Crippen LogP contribution in [-0.2, 0) is 19.4 Å². The Morgan fingerprint density at radius 3 is 1.40 bits per heavy atom. The van der Waals surface area contributed by atoms with E-state index in [0.717, 1.165) is 0 Å². The summed E-state index contributed by atoms with van der Waals surface area (Å²) >= 11 is 0. The quantitative estimate of drug-likeness (QED) is 0.352. The fourth-order valence-corrected chi connectivity index (χ4v) is 0. The summed E-state index contributed by atoms with van der Waals surface area (Å²) in [5.74, 6) is 0. The average Bonchev–Trinajstić information content (AvgIpc) is 0.811. The van der Waals surface area contributed by atoms with Crippen molar-refractivity contribution in [1.29, 1.82) is 0 Å². The van der Waals surface area contributed by atoms with Crippen LogP contribution in [0.4, 0.5) is 0 Å². The molecule has 0 heterocycles. The smallest absolute Gasteiger partial charge is 0.0495 e. The molecule has 5 heavy (non-hydrogen) atoms. The van der Waals surface area contributed by atoms with Crippen molar-refractivity contribution in [3.05, 3.63) is 0 Å². The van der Waals surface area contributed by atoms with Crippen LogP contribution in [0.2, 0.25) is 0 Å². The summed E-state index contributed by atoms with van der Waals surface area (Å²) in [6.45, 7) is 0. The van der Waals surface area contributed by atoms with Crippen LogP contribution in [0.3, 0.4) is 0 Å². The summed E-state index contributed by atoms with van der Waals surface area (Å²) in [6.07, 6.45) is 0. The second kappa shape index (κ2) is 5.26. The molecule has 0 bridgehead atoms. The van der Waals surface area contributed by atoms with E-state index in [1.54, 1.807) is 0 Å². The number of hydrogen-bond donors (Lipinski definition) is 1. The Bertz CT molecular complexity index is 55.3. The van der Waals surface area contributed by atoms with Crippen molar-refractivity contribution in [3.8, 4) is 0 Å². The Kier molecular flexibility index (Phi) is 10.0. The van der Waals surface area contributed by atoms with E-state index in [1.807, 2.05) is 0 Å². The van der Waals surface area contributed by atoms with E-state index in [9.17, 15) is 0 Å². The molecule has 0 radical (unpaired) electrons. The minimum Gasteiger partial charge on any atom is -0.439 e. The van der Waals surface area contributed by atoms with E-state index in [1.165, 1.54) is 0 Å². The minimum atomic E-state index is -2.86. The molecule has 1 N–H and O–H groups in total. The predicted molar refractivity (Wildman–Crippen MR) is 11.4 cm³/mol. The molecule has 0 aliphatic carbocycles. The minimum absolute atomic E-state index is 0. The van der Waals surface area contributed by atoms with E-state index < -0.39 is 11.0 Å². The van der Waals surface area contributed by atoms with E-state index in [0.29, 0.717) is 0 Å². The summed E-state index contributed by atoms with van der Waals surface area (Å²) in [6, 6.07) is 0. The zero-order valence-corrected chi connectivity index (χ0v) is 6.20. The van der Waals surface area contributed by atoms with Gasteiger partial charge in [0.15, 0.2) is 0 Å². The van der Waals surface area contributed by atoms with Crippen LogP contribution < -0.4 is 0 Å². The van der Waals surface area contributed by atoms with Crippen LogP contribution in [-0.4, -0.2) is 4.55 Å². The predicted octanol–water partition coefficient (Wildman–Crippen LogP) is -0.231. The van der Waals surface area contributed by atoms with Crippen molar-refractivity contribution >= 4 is 11.0 Å². The molecule has 30 valence electrons. The summed E-state index contributed by atoms with van der Waals surface area (Å²) in [4.78, 5) is 0. The molecule has 0 saturated heterocycles. The van der Waals surface area contributed by atoms with E-state index in [4.69, 9.17) is 13.0 Å². The van der Waals surface area contributed by atoms with Crippen molar-refractivity contribution < 1.29 is 53.8 Å². The van der Waals surface area contributed by atoms with Gasteiger partial charge in [0, 0.05) is 51.8 Å². The van der Waals surface area contributed by atoms with Gasteiger partial charge in [-0.25, -0.2) is 0 Å². The van der Waals surface area contributed by atoms with Gasteiger partial charge in [-0.3, -0.25) is 0 Å². The third-order valence-corrected chi connectivity index (χ3v) is 0. The van der Waals surface area contributed by atoms with Crippen LogP contribution in [0.5, 0.6) is 0 Å². The van der Waals surface area contributed by atoms with Crippen LogP contribution in [0.15, 0.2) is 0 Å². The van der Waals surface area contributed by atoms with Crippen LogP contribution in [0, 0.1) is 40.8 Å². The summed E-state index contributed by atoms with van der Waals surface area (Å²) in [5, 5.41) is 0. The van der Waals surface area contributed by atoms with Crippen molar-refractivity contribution in [3.63, 3.8) is 0 Å². The Morgan fingerprint density at radius 2 is 1.40 bits per heavy atom. The van der Waals surface area contributed by atoms with E-state index in [-0.39, 0.29) is 40.8 Å². The Labute approximate surface area is 64.1 Å². The molecule has 0 atom stereocenters. The summed E-state index contributed by atoms with van der Waals surface area (Å²) in [5.41, 5.74) is 0. The van der Waals surface area contributed by atoms with Crippen molar-refractivity contribution in [2.45, 2.75) is 0 Å². The van der Waals surface area contributed by atoms with Gasteiger partial charge in [0.25, 0.3) is 0 Å². The van der Waals surface area contributed by atoms with Gasteiger partial charge in [-0.1, -0.05) is 0 Å². The molecule has 0 aromatic heterocycles. The molecule has 0 amide bonds. The molecule has 3 nitrogen and oxygen atoms in total. The van der Waals surface area contributed by atoms with Gasteiger partial charge in [0.1, 0.15) is 0 Å². The van der Waals surface area contributed by atoms with Gasteiger partial charge >= 0.3 is 0 Å². The molecule has 0 aliphatic heterocycles. The first-order valence-corrected chi connectivity index (χ1v) is 1.55. The maximum atomic E-state index is 8.56. The molecule has 0 fully saturated rings. The molecule has 0 spiro atoms. The zero-order chi connectivity index (χ0) is 3.58. The number of hydrogen-bond acceptors (Lipinski definition) is 3. The maximum absolute atomic E-state index is 8.56. The largest absolute Gasteiger partial charge is 0.439 e. The molecule has 0 aromatic rings.